The minimum absolute atomic E-state index is 0.139. The van der Waals surface area contributed by atoms with Crippen LogP contribution in [0.5, 0.6) is 0 Å². The van der Waals surface area contributed by atoms with Crippen LogP contribution in [0.4, 0.5) is 14.5 Å². The van der Waals surface area contributed by atoms with Gasteiger partial charge in [-0.05, 0) is 43.0 Å². The summed E-state index contributed by atoms with van der Waals surface area (Å²) < 4.78 is 26.0. The third kappa shape index (κ3) is 4.64. The van der Waals surface area contributed by atoms with Crippen LogP contribution in [0.2, 0.25) is 0 Å². The van der Waals surface area contributed by atoms with Crippen LogP contribution >= 0.6 is 11.3 Å². The topological polar surface area (TPSA) is 61.4 Å². The lowest BCUT2D eigenvalue weighted by atomic mass is 10.2. The molecule has 26 heavy (non-hydrogen) atoms. The Hall–Kier alpha value is -2.32. The van der Waals surface area contributed by atoms with Crippen molar-refractivity contribution in [2.75, 3.05) is 25.0 Å². The molecule has 3 rings (SSSR count). The number of benzene rings is 1. The zero-order valence-electron chi connectivity index (χ0n) is 14.0. The zero-order valence-corrected chi connectivity index (χ0v) is 14.8. The van der Waals surface area contributed by atoms with Crippen LogP contribution in [0.25, 0.3) is 0 Å². The highest BCUT2D eigenvalue weighted by Crippen LogP contribution is 2.33. The van der Waals surface area contributed by atoms with Gasteiger partial charge < -0.3 is 10.6 Å². The van der Waals surface area contributed by atoms with Gasteiger partial charge in [-0.3, -0.25) is 14.5 Å². The normalized spacial score (nSPS) is 17.2. The van der Waals surface area contributed by atoms with Crippen molar-refractivity contribution in [1.29, 1.82) is 0 Å². The summed E-state index contributed by atoms with van der Waals surface area (Å²) in [6.45, 7) is 0.841. The molecule has 1 fully saturated rings. The molecule has 2 N–H and O–H groups in total. The number of nitrogens with one attached hydrogen (secondary N) is 2. The predicted octanol–water partition coefficient (Wildman–Crippen LogP) is 2.92. The van der Waals surface area contributed by atoms with E-state index in [0.29, 0.717) is 0 Å². The summed E-state index contributed by atoms with van der Waals surface area (Å²) in [5.41, 5.74) is 0.139. The van der Waals surface area contributed by atoms with Gasteiger partial charge in [0.05, 0.1) is 13.1 Å². The Bertz CT molecular complexity index is 783. The van der Waals surface area contributed by atoms with Crippen LogP contribution in [0.1, 0.15) is 23.8 Å². The maximum Gasteiger partial charge on any atom is 0.243 e. The number of hydrogen-bond donors (Lipinski definition) is 2. The fraction of sp³-hybridized carbons (Fsp3) is 0.333. The van der Waals surface area contributed by atoms with Gasteiger partial charge in [0.25, 0.3) is 0 Å². The molecule has 138 valence electrons. The molecule has 0 saturated carbocycles. The van der Waals surface area contributed by atoms with Gasteiger partial charge in [-0.2, -0.15) is 0 Å². The smallest absolute Gasteiger partial charge is 0.243 e. The lowest BCUT2D eigenvalue weighted by Gasteiger charge is -2.22. The Balaban J connectivity index is 1.46. The van der Waals surface area contributed by atoms with Gasteiger partial charge in [0.1, 0.15) is 0 Å². The van der Waals surface area contributed by atoms with E-state index in [9.17, 15) is 18.4 Å². The number of hydrogen-bond acceptors (Lipinski definition) is 4. The van der Waals surface area contributed by atoms with Gasteiger partial charge in [-0.15, -0.1) is 11.3 Å². The van der Waals surface area contributed by atoms with E-state index in [2.05, 4.69) is 21.6 Å². The molecule has 2 heterocycles. The minimum Gasteiger partial charge on any atom is -0.346 e. The molecule has 1 aromatic carbocycles. The standard InChI is InChI=1S/C18H19F2N3O2S/c19-13-6-5-12(9-14(13)20)22-17(24)10-21-18(25)11-23-7-1-3-15(23)16-4-2-8-26-16/h2,4-6,8-9,15H,1,3,7,10-11H2,(H,21,25)(H,22,24). The summed E-state index contributed by atoms with van der Waals surface area (Å²) in [4.78, 5) is 27.3. The summed E-state index contributed by atoms with van der Waals surface area (Å²) in [5.74, 6) is -2.77. The fourth-order valence-corrected chi connectivity index (χ4v) is 3.91. The summed E-state index contributed by atoms with van der Waals surface area (Å²) in [6.07, 6.45) is 2.05. The largest absolute Gasteiger partial charge is 0.346 e. The number of anilines is 1. The monoisotopic (exact) mass is 379 g/mol. The number of carbonyl (C=O) groups excluding carboxylic acids is 2. The van der Waals surface area contributed by atoms with Crippen LogP contribution in [0, 0.1) is 11.6 Å². The second-order valence-electron chi connectivity index (χ2n) is 6.10. The first-order chi connectivity index (χ1) is 12.5. The molecule has 1 aliphatic heterocycles. The van der Waals surface area contributed by atoms with Gasteiger partial charge in [0.2, 0.25) is 11.8 Å². The molecule has 0 bridgehead atoms. The highest BCUT2D eigenvalue weighted by Gasteiger charge is 2.28. The van der Waals surface area contributed by atoms with Crippen molar-refractivity contribution in [3.8, 4) is 0 Å². The molecule has 0 spiro atoms. The number of nitrogens with zero attached hydrogens (tertiary/aromatic N) is 1. The zero-order chi connectivity index (χ0) is 18.5. The lowest BCUT2D eigenvalue weighted by molar-refractivity contribution is -0.125. The van der Waals surface area contributed by atoms with Gasteiger partial charge in [0, 0.05) is 22.7 Å². The molecule has 1 saturated heterocycles. The number of halogens is 2. The first-order valence-corrected chi connectivity index (χ1v) is 9.20. The average Bonchev–Trinajstić information content (AvgIpc) is 3.27. The second-order valence-corrected chi connectivity index (χ2v) is 7.08. The van der Waals surface area contributed by atoms with E-state index in [0.717, 1.165) is 31.5 Å². The molecule has 8 heteroatoms. The van der Waals surface area contributed by atoms with Crippen molar-refractivity contribution in [3.05, 3.63) is 52.2 Å². The molecule has 1 aliphatic rings. The molecule has 5 nitrogen and oxygen atoms in total. The fourth-order valence-electron chi connectivity index (χ4n) is 3.02. The SMILES string of the molecule is O=C(CN1CCCC1c1cccs1)NCC(=O)Nc1ccc(F)c(F)c1. The highest BCUT2D eigenvalue weighted by molar-refractivity contribution is 7.10. The second kappa shape index (κ2) is 8.37. The van der Waals surface area contributed by atoms with Crippen LogP contribution in [0.3, 0.4) is 0 Å². The van der Waals surface area contributed by atoms with E-state index < -0.39 is 17.5 Å². The molecule has 1 atom stereocenters. The van der Waals surface area contributed by atoms with E-state index >= 15 is 0 Å². The Kier molecular flexibility index (Phi) is 5.95. The number of carbonyl (C=O) groups is 2. The van der Waals surface area contributed by atoms with E-state index in [-0.39, 0.29) is 30.7 Å². The first-order valence-electron chi connectivity index (χ1n) is 8.32. The average molecular weight is 379 g/mol. The number of rotatable bonds is 6. The molecule has 0 radical (unpaired) electrons. The molecule has 0 aliphatic carbocycles. The van der Waals surface area contributed by atoms with Crippen LogP contribution in [-0.2, 0) is 9.59 Å². The quantitative estimate of drug-likeness (QED) is 0.811. The van der Waals surface area contributed by atoms with Gasteiger partial charge in [-0.25, -0.2) is 8.78 Å². The number of likely N-dealkylation sites (tertiary alicyclic amines) is 1. The predicted molar refractivity (Wildman–Crippen MR) is 95.9 cm³/mol. The van der Waals surface area contributed by atoms with Crippen molar-refractivity contribution in [2.45, 2.75) is 18.9 Å². The highest BCUT2D eigenvalue weighted by atomic mass is 32.1. The molecular formula is C18H19F2N3O2S. The van der Waals surface area contributed by atoms with Crippen LogP contribution < -0.4 is 10.6 Å². The summed E-state index contributed by atoms with van der Waals surface area (Å²) in [5, 5.41) is 7.00. The number of thiophene rings is 1. The van der Waals surface area contributed by atoms with Crippen molar-refractivity contribution in [3.63, 3.8) is 0 Å². The molecule has 1 aromatic heterocycles. The Morgan fingerprint density at radius 2 is 2.04 bits per heavy atom. The molecule has 2 aromatic rings. The van der Waals surface area contributed by atoms with E-state index in [4.69, 9.17) is 0 Å². The van der Waals surface area contributed by atoms with Gasteiger partial charge in [0.15, 0.2) is 11.6 Å². The van der Waals surface area contributed by atoms with E-state index in [1.54, 1.807) is 11.3 Å². The van der Waals surface area contributed by atoms with Gasteiger partial charge >= 0.3 is 0 Å². The molecular weight excluding hydrogens is 360 g/mol. The lowest BCUT2D eigenvalue weighted by Crippen LogP contribution is -2.40. The van der Waals surface area contributed by atoms with Crippen molar-refractivity contribution in [2.24, 2.45) is 0 Å². The summed E-state index contributed by atoms with van der Waals surface area (Å²) >= 11 is 1.68. The summed E-state index contributed by atoms with van der Waals surface area (Å²) in [6, 6.07) is 7.40. The molecule has 1 unspecified atom stereocenters. The molecule has 2 amide bonds. The van der Waals surface area contributed by atoms with Crippen molar-refractivity contribution in [1.82, 2.24) is 10.2 Å². The number of amides is 2. The summed E-state index contributed by atoms with van der Waals surface area (Å²) in [7, 11) is 0. The van der Waals surface area contributed by atoms with Crippen molar-refractivity contribution < 1.29 is 18.4 Å². The maximum absolute atomic E-state index is 13.1. The third-order valence-corrected chi connectivity index (χ3v) is 5.20. The third-order valence-electron chi connectivity index (χ3n) is 4.23. The van der Waals surface area contributed by atoms with Crippen LogP contribution in [0.15, 0.2) is 35.7 Å². The van der Waals surface area contributed by atoms with Crippen LogP contribution in [-0.4, -0.2) is 36.3 Å². The van der Waals surface area contributed by atoms with E-state index in [1.807, 2.05) is 11.4 Å². The van der Waals surface area contributed by atoms with E-state index in [1.165, 1.54) is 10.9 Å². The first kappa shape index (κ1) is 18.5. The Labute approximate surface area is 154 Å². The van der Waals surface area contributed by atoms with Gasteiger partial charge in [-0.1, -0.05) is 6.07 Å². The minimum atomic E-state index is -1.04. The van der Waals surface area contributed by atoms with Crippen molar-refractivity contribution >= 4 is 28.8 Å². The maximum atomic E-state index is 13.1. The Morgan fingerprint density at radius 1 is 1.19 bits per heavy atom. The Morgan fingerprint density at radius 3 is 2.77 bits per heavy atom.